The molecule has 0 aromatic heterocycles. The number of non-ortho nitro benzene ring substituents is 1. The van der Waals surface area contributed by atoms with Crippen LogP contribution in [0, 0.1) is 13.7 Å². The lowest BCUT2D eigenvalue weighted by Gasteiger charge is -2.10. The third-order valence-electron chi connectivity index (χ3n) is 5.04. The minimum atomic E-state index is -0.433. The molecular formula is C25H22IN3O5S2. The summed E-state index contributed by atoms with van der Waals surface area (Å²) in [6.07, 6.45) is 1.55. The van der Waals surface area contributed by atoms with E-state index in [9.17, 15) is 14.9 Å². The van der Waals surface area contributed by atoms with Crippen LogP contribution in [0.4, 0.5) is 5.69 Å². The Bertz CT molecular complexity index is 1230. The number of benzene rings is 3. The first kappa shape index (κ1) is 26.3. The third kappa shape index (κ3) is 7.61. The fraction of sp³-hybridized carbons (Fsp3) is 0.200. The number of hydrogen-bond donors (Lipinski definition) is 1. The summed E-state index contributed by atoms with van der Waals surface area (Å²) in [6, 6.07) is 19.6. The molecule has 1 aliphatic heterocycles. The number of carbonyl (C=O) groups is 1. The zero-order valence-electron chi connectivity index (χ0n) is 19.0. The van der Waals surface area contributed by atoms with Gasteiger partial charge in [0.25, 0.3) is 11.6 Å². The molecule has 3 aromatic carbocycles. The number of hydrogen-bond acceptors (Lipinski definition) is 8. The summed E-state index contributed by atoms with van der Waals surface area (Å²) in [4.78, 5) is 22.4. The van der Waals surface area contributed by atoms with E-state index < -0.39 is 4.92 Å². The Kier molecular flexibility index (Phi) is 9.47. The summed E-state index contributed by atoms with van der Waals surface area (Å²) < 4.78 is 12.7. The first-order valence-corrected chi connectivity index (χ1v) is 14.1. The average molecular weight is 636 g/mol. The van der Waals surface area contributed by atoms with Gasteiger partial charge in [-0.3, -0.25) is 14.9 Å². The Morgan fingerprint density at radius 2 is 1.81 bits per heavy atom. The first-order chi connectivity index (χ1) is 17.5. The summed E-state index contributed by atoms with van der Waals surface area (Å²) in [5, 5.41) is 14.8. The molecule has 0 aliphatic carbocycles. The van der Waals surface area contributed by atoms with Crippen molar-refractivity contribution in [2.45, 2.75) is 11.2 Å². The van der Waals surface area contributed by atoms with Crippen molar-refractivity contribution < 1.29 is 19.2 Å². The minimum absolute atomic E-state index is 0.0438. The Morgan fingerprint density at radius 1 is 1.08 bits per heavy atom. The van der Waals surface area contributed by atoms with Crippen molar-refractivity contribution in [1.29, 1.82) is 0 Å². The zero-order valence-corrected chi connectivity index (χ0v) is 22.8. The van der Waals surface area contributed by atoms with Gasteiger partial charge in [-0.05, 0) is 81.7 Å². The highest BCUT2D eigenvalue weighted by atomic mass is 127. The summed E-state index contributed by atoms with van der Waals surface area (Å²) in [5.74, 6) is 3.32. The lowest BCUT2D eigenvalue weighted by atomic mass is 10.2. The van der Waals surface area contributed by atoms with Gasteiger partial charge in [-0.1, -0.05) is 12.1 Å². The molecule has 4 rings (SSSR count). The summed E-state index contributed by atoms with van der Waals surface area (Å²) in [6.45, 7) is 0.162. The van der Waals surface area contributed by atoms with Gasteiger partial charge in [-0.25, -0.2) is 5.43 Å². The van der Waals surface area contributed by atoms with Gasteiger partial charge in [-0.15, -0.1) is 23.5 Å². The predicted octanol–water partition coefficient (Wildman–Crippen LogP) is 5.79. The van der Waals surface area contributed by atoms with Gasteiger partial charge in [0.1, 0.15) is 18.1 Å². The van der Waals surface area contributed by atoms with Crippen molar-refractivity contribution in [3.63, 3.8) is 0 Å². The number of nitrogens with zero attached hydrogens (tertiary/aromatic N) is 2. The standard InChI is InChI=1S/C25H22IN3O5S2/c26-22-13-18(3-10-23(22)34-15-17-1-6-20(7-2-17)29(31)32)14-27-28-24(30)16-33-21-8-4-19(5-9-21)25-35-11-12-36-25/h1-10,13-14,25H,11-12,15-16H2,(H,28,30)/b27-14-. The van der Waals surface area contributed by atoms with Crippen molar-refractivity contribution >= 4 is 63.9 Å². The number of hydrazone groups is 1. The van der Waals surface area contributed by atoms with Crippen LogP contribution in [0.5, 0.6) is 11.5 Å². The van der Waals surface area contributed by atoms with E-state index in [1.165, 1.54) is 29.2 Å². The highest BCUT2D eigenvalue weighted by Gasteiger charge is 2.18. The van der Waals surface area contributed by atoms with Crippen LogP contribution in [0.15, 0.2) is 71.8 Å². The molecule has 0 unspecified atom stereocenters. The molecule has 1 aliphatic rings. The van der Waals surface area contributed by atoms with Crippen molar-refractivity contribution in [2.75, 3.05) is 18.1 Å². The zero-order chi connectivity index (χ0) is 25.3. The quantitative estimate of drug-likeness (QED) is 0.130. The number of ether oxygens (including phenoxy) is 2. The van der Waals surface area contributed by atoms with Crippen molar-refractivity contribution in [1.82, 2.24) is 5.43 Å². The molecule has 186 valence electrons. The van der Waals surface area contributed by atoms with Crippen molar-refractivity contribution in [3.8, 4) is 11.5 Å². The van der Waals surface area contributed by atoms with Gasteiger partial charge in [0.2, 0.25) is 0 Å². The van der Waals surface area contributed by atoms with Gasteiger partial charge in [-0.2, -0.15) is 5.10 Å². The SMILES string of the molecule is O=C(COc1ccc(C2SCCS2)cc1)N/N=C\c1ccc(OCc2ccc([N+](=O)[O-])cc2)c(I)c1. The lowest BCUT2D eigenvalue weighted by molar-refractivity contribution is -0.384. The molecule has 1 N–H and O–H groups in total. The van der Waals surface area contributed by atoms with Crippen LogP contribution in [0.25, 0.3) is 0 Å². The van der Waals surface area contributed by atoms with E-state index in [2.05, 4.69) is 33.1 Å². The molecule has 0 atom stereocenters. The molecule has 3 aromatic rings. The predicted molar refractivity (Wildman–Crippen MR) is 152 cm³/mol. The van der Waals surface area contributed by atoms with Crippen molar-refractivity contribution in [2.24, 2.45) is 5.10 Å². The molecule has 11 heteroatoms. The van der Waals surface area contributed by atoms with E-state index in [0.29, 0.717) is 22.7 Å². The van der Waals surface area contributed by atoms with Crippen molar-refractivity contribution in [3.05, 3.63) is 97.1 Å². The molecule has 1 heterocycles. The van der Waals surface area contributed by atoms with E-state index >= 15 is 0 Å². The number of halogens is 1. The Morgan fingerprint density at radius 3 is 2.47 bits per heavy atom. The van der Waals surface area contributed by atoms with Crippen LogP contribution >= 0.6 is 46.1 Å². The summed E-state index contributed by atoms with van der Waals surface area (Å²) in [5.41, 5.74) is 5.40. The first-order valence-electron chi connectivity index (χ1n) is 10.9. The average Bonchev–Trinajstić information content (AvgIpc) is 3.43. The number of carbonyl (C=O) groups excluding carboxylic acids is 1. The van der Waals surface area contributed by atoms with E-state index in [1.807, 2.05) is 66.0 Å². The Balaban J connectivity index is 1.21. The number of rotatable bonds is 10. The summed E-state index contributed by atoms with van der Waals surface area (Å²) in [7, 11) is 0. The molecule has 0 saturated carbocycles. The normalized spacial score (nSPS) is 13.6. The smallest absolute Gasteiger partial charge is 0.277 e. The van der Waals surface area contributed by atoms with Gasteiger partial charge < -0.3 is 9.47 Å². The maximum absolute atomic E-state index is 12.1. The molecule has 36 heavy (non-hydrogen) atoms. The second kappa shape index (κ2) is 13.0. The van der Waals surface area contributed by atoms with E-state index in [1.54, 1.807) is 18.3 Å². The maximum atomic E-state index is 12.1. The number of nitro groups is 1. The number of amides is 1. The second-order valence-electron chi connectivity index (χ2n) is 7.63. The van der Waals surface area contributed by atoms with Crippen LogP contribution < -0.4 is 14.9 Å². The van der Waals surface area contributed by atoms with Gasteiger partial charge >= 0.3 is 0 Å². The highest BCUT2D eigenvalue weighted by Crippen LogP contribution is 2.45. The summed E-state index contributed by atoms with van der Waals surface area (Å²) >= 11 is 6.05. The number of nitro benzene ring substituents is 1. The molecule has 1 amide bonds. The monoisotopic (exact) mass is 635 g/mol. The Labute approximate surface area is 230 Å². The minimum Gasteiger partial charge on any atom is -0.488 e. The van der Waals surface area contributed by atoms with Crippen LogP contribution in [0.3, 0.4) is 0 Å². The molecular weight excluding hydrogens is 613 g/mol. The highest BCUT2D eigenvalue weighted by molar-refractivity contribution is 14.1. The van der Waals surface area contributed by atoms with Crippen LogP contribution in [0.2, 0.25) is 0 Å². The van der Waals surface area contributed by atoms with Crippen LogP contribution in [-0.2, 0) is 11.4 Å². The molecule has 8 nitrogen and oxygen atoms in total. The second-order valence-corrected chi connectivity index (χ2v) is 11.5. The van der Waals surface area contributed by atoms with E-state index in [-0.39, 0.29) is 18.2 Å². The van der Waals surface area contributed by atoms with Gasteiger partial charge in [0.05, 0.1) is 19.3 Å². The lowest BCUT2D eigenvalue weighted by Crippen LogP contribution is -2.24. The maximum Gasteiger partial charge on any atom is 0.277 e. The largest absolute Gasteiger partial charge is 0.488 e. The third-order valence-corrected chi connectivity index (χ3v) is 8.99. The van der Waals surface area contributed by atoms with Crippen LogP contribution in [0.1, 0.15) is 21.3 Å². The fourth-order valence-corrected chi connectivity index (χ4v) is 6.78. The van der Waals surface area contributed by atoms with E-state index in [0.717, 1.165) is 14.7 Å². The molecule has 0 radical (unpaired) electrons. The topological polar surface area (TPSA) is 103 Å². The number of thioether (sulfide) groups is 2. The van der Waals surface area contributed by atoms with Gasteiger partial charge in [0, 0.05) is 23.6 Å². The van der Waals surface area contributed by atoms with Gasteiger partial charge in [0.15, 0.2) is 6.61 Å². The Hall–Kier alpha value is -2.77. The molecule has 1 fully saturated rings. The van der Waals surface area contributed by atoms with E-state index in [4.69, 9.17) is 9.47 Å². The molecule has 1 saturated heterocycles. The fourth-order valence-electron chi connectivity index (χ4n) is 3.22. The molecule has 0 bridgehead atoms. The molecule has 0 spiro atoms. The van der Waals surface area contributed by atoms with Crippen LogP contribution in [-0.4, -0.2) is 35.2 Å². The number of nitrogens with one attached hydrogen (secondary N) is 1.